The van der Waals surface area contributed by atoms with Crippen molar-refractivity contribution in [1.29, 1.82) is 0 Å². The number of Topliss-reactive ketones (excluding diaryl/α,β-unsaturated/α-hetero) is 1. The molecule has 1 aliphatic heterocycles. The van der Waals surface area contributed by atoms with Crippen LogP contribution in [0.2, 0.25) is 0 Å². The van der Waals surface area contributed by atoms with Crippen LogP contribution in [0.1, 0.15) is 26.5 Å². The van der Waals surface area contributed by atoms with E-state index >= 15 is 0 Å². The zero-order valence-electron chi connectivity index (χ0n) is 16.5. The molecule has 7 rings (SSSR count). The summed E-state index contributed by atoms with van der Waals surface area (Å²) in [4.78, 5) is 53.4. The van der Waals surface area contributed by atoms with Crippen molar-refractivity contribution in [3.63, 3.8) is 0 Å². The van der Waals surface area contributed by atoms with Gasteiger partial charge >= 0.3 is 5.97 Å². The summed E-state index contributed by atoms with van der Waals surface area (Å²) in [5, 5.41) is 1.78. The molecule has 2 aromatic rings. The van der Waals surface area contributed by atoms with Gasteiger partial charge in [0.15, 0.2) is 6.61 Å². The van der Waals surface area contributed by atoms with Crippen LogP contribution >= 0.6 is 11.3 Å². The smallest absolute Gasteiger partial charge is 0.340 e. The molecule has 5 aliphatic rings. The molecular weight excluding hydrogens is 414 g/mol. The van der Waals surface area contributed by atoms with Crippen LogP contribution < -0.4 is 4.90 Å². The number of nitrogens with zero attached hydrogens (tertiary/aromatic N) is 1. The molecule has 0 N–H and O–H groups in total. The van der Waals surface area contributed by atoms with Crippen molar-refractivity contribution in [1.82, 2.24) is 0 Å². The van der Waals surface area contributed by atoms with Gasteiger partial charge in [0.2, 0.25) is 17.6 Å². The van der Waals surface area contributed by atoms with Crippen LogP contribution in [-0.2, 0) is 14.3 Å². The van der Waals surface area contributed by atoms with E-state index < -0.39 is 12.6 Å². The second-order valence-corrected chi connectivity index (χ2v) is 9.61. The van der Waals surface area contributed by atoms with Gasteiger partial charge in [-0.15, -0.1) is 11.3 Å². The SMILES string of the molecule is O=C(COC(=O)c1ccccc1N1C(=O)[C@@H]2[C@@H]3C=C[C@H]([C@H]4C[C@H]34)[C@@H]2C1=O)c1cccs1. The lowest BCUT2D eigenvalue weighted by Gasteiger charge is -2.37. The Labute approximate surface area is 182 Å². The van der Waals surface area contributed by atoms with E-state index in [0.717, 1.165) is 6.42 Å². The van der Waals surface area contributed by atoms with Gasteiger partial charge in [-0.3, -0.25) is 14.4 Å². The number of allylic oxidation sites excluding steroid dienone is 2. The molecule has 6 atom stereocenters. The molecule has 4 aliphatic carbocycles. The molecule has 2 heterocycles. The van der Waals surface area contributed by atoms with Crippen LogP contribution in [0.4, 0.5) is 5.69 Å². The number of imide groups is 1. The first-order chi connectivity index (χ1) is 15.1. The monoisotopic (exact) mass is 433 g/mol. The van der Waals surface area contributed by atoms with Gasteiger partial charge in [0.25, 0.3) is 0 Å². The summed E-state index contributed by atoms with van der Waals surface area (Å²) < 4.78 is 5.24. The van der Waals surface area contributed by atoms with E-state index in [1.165, 1.54) is 22.3 Å². The third-order valence-corrected chi connectivity index (χ3v) is 8.07. The molecule has 2 bridgehead atoms. The molecule has 2 saturated carbocycles. The molecule has 3 fully saturated rings. The summed E-state index contributed by atoms with van der Waals surface area (Å²) in [6.07, 6.45) is 5.33. The van der Waals surface area contributed by atoms with Gasteiger partial charge in [0, 0.05) is 0 Å². The van der Waals surface area contributed by atoms with Gasteiger partial charge in [-0.1, -0.05) is 30.4 Å². The summed E-state index contributed by atoms with van der Waals surface area (Å²) >= 11 is 1.28. The Bertz CT molecular complexity index is 1120. The minimum atomic E-state index is -0.722. The molecule has 1 saturated heterocycles. The average molecular weight is 433 g/mol. The number of benzene rings is 1. The maximum atomic E-state index is 13.4. The summed E-state index contributed by atoms with van der Waals surface area (Å²) in [5.41, 5.74) is 0.362. The highest BCUT2D eigenvalue weighted by Gasteiger charge is 2.67. The highest BCUT2D eigenvalue weighted by atomic mass is 32.1. The van der Waals surface area contributed by atoms with Crippen LogP contribution in [0.5, 0.6) is 0 Å². The van der Waals surface area contributed by atoms with Crippen molar-refractivity contribution in [3.8, 4) is 0 Å². The van der Waals surface area contributed by atoms with E-state index in [4.69, 9.17) is 4.74 Å². The number of hydrogen-bond acceptors (Lipinski definition) is 6. The van der Waals surface area contributed by atoms with E-state index in [-0.39, 0.29) is 52.5 Å². The first-order valence-electron chi connectivity index (χ1n) is 10.5. The van der Waals surface area contributed by atoms with Gasteiger partial charge < -0.3 is 4.74 Å². The standard InChI is InChI=1S/C24H19NO5S/c26-18(19-6-3-9-31-19)11-30-24(29)14-4-1-2-5-17(14)25-22(27)20-12-7-8-13(16-10-15(12)16)21(20)23(25)28/h1-9,12-13,15-16,20-21H,10-11H2/t12-,13-,15-,16-,20-,21+/m1/s1. The van der Waals surface area contributed by atoms with Gasteiger partial charge in [-0.2, -0.15) is 0 Å². The van der Waals surface area contributed by atoms with Crippen LogP contribution in [0, 0.1) is 35.5 Å². The Hall–Kier alpha value is -3.06. The number of thiophene rings is 1. The number of ketones is 1. The Morgan fingerprint density at radius 3 is 2.29 bits per heavy atom. The molecule has 7 heteroatoms. The molecule has 1 aromatic heterocycles. The van der Waals surface area contributed by atoms with E-state index in [0.29, 0.717) is 16.7 Å². The third-order valence-electron chi connectivity index (χ3n) is 7.16. The fourth-order valence-electron chi connectivity index (χ4n) is 5.75. The fourth-order valence-corrected chi connectivity index (χ4v) is 6.40. The lowest BCUT2D eigenvalue weighted by atomic mass is 9.63. The normalized spacial score (nSPS) is 32.1. The van der Waals surface area contributed by atoms with E-state index in [1.54, 1.807) is 35.7 Å². The zero-order valence-corrected chi connectivity index (χ0v) is 17.3. The molecule has 2 amide bonds. The predicted molar refractivity (Wildman–Crippen MR) is 113 cm³/mol. The number of hydrogen-bond donors (Lipinski definition) is 0. The largest absolute Gasteiger partial charge is 0.454 e. The number of amides is 2. The van der Waals surface area contributed by atoms with Crippen molar-refractivity contribution >= 4 is 40.6 Å². The predicted octanol–water partition coefficient (Wildman–Crippen LogP) is 3.35. The second kappa shape index (κ2) is 6.72. The first kappa shape index (κ1) is 18.7. The van der Waals surface area contributed by atoms with E-state index in [2.05, 4.69) is 12.2 Å². The average Bonchev–Trinajstić information content (AvgIpc) is 3.36. The number of carbonyl (C=O) groups is 4. The molecule has 0 spiro atoms. The maximum Gasteiger partial charge on any atom is 0.340 e. The Kier molecular flexibility index (Phi) is 4.05. The number of rotatable bonds is 5. The zero-order chi connectivity index (χ0) is 21.3. The molecular formula is C24H19NO5S. The minimum Gasteiger partial charge on any atom is -0.454 e. The van der Waals surface area contributed by atoms with E-state index in [1.807, 2.05) is 0 Å². The van der Waals surface area contributed by atoms with Crippen molar-refractivity contribution in [3.05, 3.63) is 64.4 Å². The summed E-state index contributed by atoms with van der Waals surface area (Å²) in [7, 11) is 0. The summed E-state index contributed by atoms with van der Waals surface area (Å²) in [6, 6.07) is 9.90. The van der Waals surface area contributed by atoms with Gasteiger partial charge in [-0.05, 0) is 53.7 Å². The number of carbonyl (C=O) groups excluding carboxylic acids is 4. The van der Waals surface area contributed by atoms with Gasteiger partial charge in [-0.25, -0.2) is 9.69 Å². The molecule has 1 aromatic carbocycles. The van der Waals surface area contributed by atoms with Gasteiger partial charge in [0.1, 0.15) is 0 Å². The Morgan fingerprint density at radius 2 is 1.65 bits per heavy atom. The summed E-state index contributed by atoms with van der Waals surface area (Å²) in [6.45, 7) is -0.391. The minimum absolute atomic E-state index is 0.115. The third kappa shape index (κ3) is 2.69. The number of esters is 1. The highest BCUT2D eigenvalue weighted by molar-refractivity contribution is 7.12. The summed E-state index contributed by atoms with van der Waals surface area (Å²) in [5.74, 6) is -0.890. The molecule has 156 valence electrons. The molecule has 0 radical (unpaired) electrons. The number of anilines is 1. The van der Waals surface area contributed by atoms with E-state index in [9.17, 15) is 19.2 Å². The van der Waals surface area contributed by atoms with Crippen molar-refractivity contribution in [2.24, 2.45) is 35.5 Å². The van der Waals surface area contributed by atoms with Crippen molar-refractivity contribution in [2.45, 2.75) is 6.42 Å². The number of ether oxygens (including phenoxy) is 1. The fraction of sp³-hybridized carbons (Fsp3) is 0.333. The van der Waals surface area contributed by atoms with Crippen LogP contribution in [-0.4, -0.2) is 30.2 Å². The van der Waals surface area contributed by atoms with Crippen molar-refractivity contribution < 1.29 is 23.9 Å². The quantitative estimate of drug-likeness (QED) is 0.313. The maximum absolute atomic E-state index is 13.4. The van der Waals surface area contributed by atoms with Crippen LogP contribution in [0.25, 0.3) is 0 Å². The highest BCUT2D eigenvalue weighted by Crippen LogP contribution is 2.65. The van der Waals surface area contributed by atoms with Crippen LogP contribution in [0.15, 0.2) is 53.9 Å². The lowest BCUT2D eigenvalue weighted by Crippen LogP contribution is -2.40. The van der Waals surface area contributed by atoms with Crippen molar-refractivity contribution in [2.75, 3.05) is 11.5 Å². The van der Waals surface area contributed by atoms with Crippen LogP contribution in [0.3, 0.4) is 0 Å². The second-order valence-electron chi connectivity index (χ2n) is 8.66. The lowest BCUT2D eigenvalue weighted by molar-refractivity contribution is -0.124. The molecule has 31 heavy (non-hydrogen) atoms. The molecule has 6 nitrogen and oxygen atoms in total. The topological polar surface area (TPSA) is 80.8 Å². The van der Waals surface area contributed by atoms with Gasteiger partial charge in [0.05, 0.1) is 28.0 Å². The molecule has 0 unspecified atom stereocenters. The Morgan fingerprint density at radius 1 is 0.968 bits per heavy atom. The Balaban J connectivity index is 1.27. The first-order valence-corrected chi connectivity index (χ1v) is 11.3. The number of para-hydroxylation sites is 1.